The normalized spacial score (nSPS) is 12.1. The Labute approximate surface area is 232 Å². The van der Waals surface area contributed by atoms with Crippen molar-refractivity contribution < 1.29 is 0 Å². The number of rotatable bonds is 2. The molecule has 0 N–H and O–H groups in total. The molecule has 9 aromatic rings. The predicted octanol–water partition coefficient (Wildman–Crippen LogP) is 11.2. The molecule has 9 rings (SSSR count). The quantitative estimate of drug-likeness (QED) is 0.209. The molecular weight excluding hydrogens is 511 g/mol. The van der Waals surface area contributed by atoms with Crippen molar-refractivity contribution in [1.29, 1.82) is 0 Å². The highest BCUT2D eigenvalue weighted by atomic mass is 32.1. The molecule has 6 aromatic carbocycles. The van der Waals surface area contributed by atoms with E-state index in [1.165, 1.54) is 79.0 Å². The van der Waals surface area contributed by atoms with Gasteiger partial charge >= 0.3 is 0 Å². The highest BCUT2D eigenvalue weighted by Gasteiger charge is 2.17. The number of hydrogen-bond acceptors (Lipinski definition) is 2. The summed E-state index contributed by atoms with van der Waals surface area (Å²) in [5.74, 6) is 0. The van der Waals surface area contributed by atoms with Crippen LogP contribution in [0.2, 0.25) is 0 Å². The number of hydrogen-bond donors (Lipinski definition) is 0. The van der Waals surface area contributed by atoms with Crippen LogP contribution in [0.3, 0.4) is 0 Å². The van der Waals surface area contributed by atoms with E-state index in [1.54, 1.807) is 0 Å². The Hall–Kier alpha value is -4.44. The van der Waals surface area contributed by atoms with Crippen molar-refractivity contribution >= 4 is 84.8 Å². The lowest BCUT2D eigenvalue weighted by molar-refractivity contribution is 1.20. The van der Waals surface area contributed by atoms with Gasteiger partial charge in [-0.1, -0.05) is 91.0 Å². The minimum atomic E-state index is 1.25. The van der Waals surface area contributed by atoms with Gasteiger partial charge in [0.05, 0.1) is 21.4 Å². The van der Waals surface area contributed by atoms with Gasteiger partial charge in [0, 0.05) is 46.4 Å². The van der Waals surface area contributed by atoms with Crippen LogP contribution in [0.15, 0.2) is 127 Å². The molecule has 0 radical (unpaired) electrons. The Balaban J connectivity index is 1.32. The van der Waals surface area contributed by atoms with Gasteiger partial charge in [-0.15, -0.1) is 22.7 Å². The number of aromatic nitrogens is 1. The molecule has 0 aliphatic carbocycles. The van der Waals surface area contributed by atoms with E-state index in [1.807, 2.05) is 22.7 Å². The first kappa shape index (κ1) is 21.5. The Morgan fingerprint density at radius 2 is 1.10 bits per heavy atom. The first-order valence-electron chi connectivity index (χ1n) is 13.2. The maximum absolute atomic E-state index is 2.45. The second kappa shape index (κ2) is 8.03. The molecule has 0 saturated carbocycles. The number of thiophene rings is 2. The molecule has 3 aromatic heterocycles. The highest BCUT2D eigenvalue weighted by Crippen LogP contribution is 2.44. The number of para-hydroxylation sites is 2. The van der Waals surface area contributed by atoms with E-state index < -0.39 is 0 Å². The van der Waals surface area contributed by atoms with Crippen molar-refractivity contribution in [3.8, 4) is 16.8 Å². The van der Waals surface area contributed by atoms with Crippen LogP contribution >= 0.6 is 22.7 Å². The molecule has 0 bridgehead atoms. The summed E-state index contributed by atoms with van der Waals surface area (Å²) in [6.07, 6.45) is 0. The Morgan fingerprint density at radius 3 is 1.92 bits per heavy atom. The minimum Gasteiger partial charge on any atom is -0.308 e. The standard InChI is InChI=1S/C36H21NS2/c1-4-14-29-24(9-1)25-10-2-5-15-30(25)37(29)31-16-7-13-27-26-20-19-22(21-34(26)39-36(27)31)23-12-8-18-33-35(23)28-11-3-6-17-32(28)38-33/h1-21H. The Kier molecular flexibility index (Phi) is 4.43. The lowest BCUT2D eigenvalue weighted by Gasteiger charge is -2.09. The second-order valence-electron chi connectivity index (χ2n) is 10.1. The highest BCUT2D eigenvalue weighted by molar-refractivity contribution is 7.26. The molecule has 182 valence electrons. The maximum Gasteiger partial charge on any atom is 0.0640 e. The third-order valence-electron chi connectivity index (χ3n) is 8.01. The van der Waals surface area contributed by atoms with E-state index in [0.717, 1.165) is 0 Å². The van der Waals surface area contributed by atoms with Crippen LogP contribution in [0.4, 0.5) is 0 Å². The van der Waals surface area contributed by atoms with Gasteiger partial charge in [-0.3, -0.25) is 0 Å². The molecule has 0 fully saturated rings. The first-order chi connectivity index (χ1) is 19.3. The van der Waals surface area contributed by atoms with Crippen molar-refractivity contribution in [2.45, 2.75) is 0 Å². The van der Waals surface area contributed by atoms with Gasteiger partial charge in [0.15, 0.2) is 0 Å². The van der Waals surface area contributed by atoms with Crippen molar-refractivity contribution in [3.05, 3.63) is 127 Å². The van der Waals surface area contributed by atoms with E-state index in [-0.39, 0.29) is 0 Å². The Bertz CT molecular complexity index is 2350. The zero-order chi connectivity index (χ0) is 25.5. The van der Waals surface area contributed by atoms with E-state index in [2.05, 4.69) is 132 Å². The third kappa shape index (κ3) is 3.00. The monoisotopic (exact) mass is 531 g/mol. The SMILES string of the molecule is c1ccc2c(c1)sc1cccc(-c3ccc4c(c3)sc3c(-n5c6ccccc6c6ccccc65)cccc34)c12. The van der Waals surface area contributed by atoms with Gasteiger partial charge in [-0.25, -0.2) is 0 Å². The van der Waals surface area contributed by atoms with E-state index in [9.17, 15) is 0 Å². The fourth-order valence-electron chi connectivity index (χ4n) is 6.32. The second-order valence-corrected chi connectivity index (χ2v) is 12.2. The fourth-order valence-corrected chi connectivity index (χ4v) is 8.70. The summed E-state index contributed by atoms with van der Waals surface area (Å²) < 4.78 is 7.79. The summed E-state index contributed by atoms with van der Waals surface area (Å²) in [6.45, 7) is 0. The number of fused-ring (bicyclic) bond motifs is 9. The van der Waals surface area contributed by atoms with Crippen LogP contribution in [-0.2, 0) is 0 Å². The molecular formula is C36H21NS2. The van der Waals surface area contributed by atoms with Crippen LogP contribution in [0.5, 0.6) is 0 Å². The van der Waals surface area contributed by atoms with Gasteiger partial charge in [-0.05, 0) is 47.5 Å². The van der Waals surface area contributed by atoms with Gasteiger partial charge in [0.1, 0.15) is 0 Å². The van der Waals surface area contributed by atoms with E-state index >= 15 is 0 Å². The molecule has 0 saturated heterocycles. The molecule has 0 amide bonds. The number of nitrogens with zero attached hydrogens (tertiary/aromatic N) is 1. The third-order valence-corrected chi connectivity index (χ3v) is 10.3. The van der Waals surface area contributed by atoms with Crippen LogP contribution in [0.25, 0.3) is 79.0 Å². The van der Waals surface area contributed by atoms with Crippen LogP contribution in [-0.4, -0.2) is 4.57 Å². The molecule has 0 aliphatic rings. The van der Waals surface area contributed by atoms with Crippen molar-refractivity contribution in [2.75, 3.05) is 0 Å². The van der Waals surface area contributed by atoms with Crippen LogP contribution in [0, 0.1) is 0 Å². The van der Waals surface area contributed by atoms with Crippen LogP contribution in [0.1, 0.15) is 0 Å². The lowest BCUT2D eigenvalue weighted by atomic mass is 9.98. The number of benzene rings is 6. The summed E-state index contributed by atoms with van der Waals surface area (Å²) in [7, 11) is 0. The molecule has 0 spiro atoms. The zero-order valence-electron chi connectivity index (χ0n) is 20.9. The van der Waals surface area contributed by atoms with Gasteiger partial charge in [0.2, 0.25) is 0 Å². The molecule has 0 unspecified atom stereocenters. The van der Waals surface area contributed by atoms with Crippen LogP contribution < -0.4 is 0 Å². The topological polar surface area (TPSA) is 4.93 Å². The summed E-state index contributed by atoms with van der Waals surface area (Å²) in [4.78, 5) is 0. The average molecular weight is 532 g/mol. The van der Waals surface area contributed by atoms with E-state index in [4.69, 9.17) is 0 Å². The smallest absolute Gasteiger partial charge is 0.0640 e. The van der Waals surface area contributed by atoms with Gasteiger partial charge < -0.3 is 4.57 Å². The molecule has 0 atom stereocenters. The molecule has 39 heavy (non-hydrogen) atoms. The summed E-state index contributed by atoms with van der Waals surface area (Å²) in [5, 5.41) is 7.95. The molecule has 3 heterocycles. The molecule has 1 nitrogen and oxygen atoms in total. The molecule has 3 heteroatoms. The first-order valence-corrected chi connectivity index (χ1v) is 14.8. The minimum absolute atomic E-state index is 1.25. The van der Waals surface area contributed by atoms with Gasteiger partial charge in [0.25, 0.3) is 0 Å². The molecule has 0 aliphatic heterocycles. The summed E-state index contributed by atoms with van der Waals surface area (Å²) in [5.41, 5.74) is 6.34. The van der Waals surface area contributed by atoms with Crippen molar-refractivity contribution in [3.63, 3.8) is 0 Å². The fraction of sp³-hybridized carbons (Fsp3) is 0. The summed E-state index contributed by atoms with van der Waals surface area (Å²) in [6, 6.07) is 46.8. The largest absolute Gasteiger partial charge is 0.308 e. The van der Waals surface area contributed by atoms with Gasteiger partial charge in [-0.2, -0.15) is 0 Å². The Morgan fingerprint density at radius 1 is 0.436 bits per heavy atom. The maximum atomic E-state index is 2.45. The zero-order valence-corrected chi connectivity index (χ0v) is 22.5. The predicted molar refractivity (Wildman–Crippen MR) is 172 cm³/mol. The lowest BCUT2D eigenvalue weighted by Crippen LogP contribution is -1.93. The van der Waals surface area contributed by atoms with Crippen molar-refractivity contribution in [1.82, 2.24) is 4.57 Å². The summed E-state index contributed by atoms with van der Waals surface area (Å²) >= 11 is 3.79. The van der Waals surface area contributed by atoms with Crippen molar-refractivity contribution in [2.24, 2.45) is 0 Å². The van der Waals surface area contributed by atoms with E-state index in [0.29, 0.717) is 0 Å². The average Bonchev–Trinajstić information content (AvgIpc) is 3.66.